The lowest BCUT2D eigenvalue weighted by Crippen LogP contribution is -2.34. The Morgan fingerprint density at radius 3 is 1.29 bits per heavy atom. The van der Waals surface area contributed by atoms with E-state index in [-0.39, 0.29) is 23.0 Å². The second kappa shape index (κ2) is 15.1. The van der Waals surface area contributed by atoms with Crippen molar-refractivity contribution < 1.29 is 29.4 Å². The molecule has 2 unspecified atom stereocenters. The molecule has 0 aliphatic rings. The van der Waals surface area contributed by atoms with E-state index in [1.807, 2.05) is 13.8 Å². The van der Waals surface area contributed by atoms with Crippen LogP contribution in [0, 0.1) is 11.8 Å². The molecule has 8 heteroatoms. The number of hydrogen-bond donors (Lipinski definition) is 4. The Hall–Kier alpha value is -2.90. The zero-order valence-corrected chi connectivity index (χ0v) is 20.9. The summed E-state index contributed by atoms with van der Waals surface area (Å²) in [5.41, 5.74) is -1.32. The average Bonchev–Trinajstić information content (AvgIpc) is 2.82. The van der Waals surface area contributed by atoms with Crippen molar-refractivity contribution >= 4 is 23.8 Å². The van der Waals surface area contributed by atoms with Gasteiger partial charge in [0.1, 0.15) is 0 Å². The van der Waals surface area contributed by atoms with Crippen LogP contribution in [0.4, 0.5) is 0 Å². The Bertz CT molecular complexity index is 783. The highest BCUT2D eigenvalue weighted by Crippen LogP contribution is 2.20. The van der Waals surface area contributed by atoms with Gasteiger partial charge < -0.3 is 20.8 Å². The monoisotopic (exact) mass is 476 g/mol. The van der Waals surface area contributed by atoms with Crippen LogP contribution in [0.1, 0.15) is 120 Å². The molecule has 4 N–H and O–H groups in total. The molecule has 0 aliphatic heterocycles. The summed E-state index contributed by atoms with van der Waals surface area (Å²) >= 11 is 0. The highest BCUT2D eigenvalue weighted by molar-refractivity contribution is 6.12. The van der Waals surface area contributed by atoms with Gasteiger partial charge >= 0.3 is 11.9 Å². The molecule has 0 saturated carbocycles. The van der Waals surface area contributed by atoms with Crippen molar-refractivity contribution in [2.24, 2.45) is 11.8 Å². The molecule has 0 bridgehead atoms. The number of carbonyl (C=O) groups excluding carboxylic acids is 2. The summed E-state index contributed by atoms with van der Waals surface area (Å²) in [4.78, 5) is 49.4. The lowest BCUT2D eigenvalue weighted by atomic mass is 9.95. The minimum Gasteiger partial charge on any atom is -0.478 e. The number of aromatic carboxylic acids is 2. The van der Waals surface area contributed by atoms with E-state index < -0.39 is 34.9 Å². The molecule has 1 rings (SSSR count). The maximum Gasteiger partial charge on any atom is 0.336 e. The van der Waals surface area contributed by atoms with Crippen molar-refractivity contribution in [3.8, 4) is 0 Å². The summed E-state index contributed by atoms with van der Waals surface area (Å²) in [6.45, 7) is 9.07. The maximum atomic E-state index is 13.0. The number of rotatable bonds is 16. The van der Waals surface area contributed by atoms with Gasteiger partial charge in [0.25, 0.3) is 11.8 Å². The largest absolute Gasteiger partial charge is 0.478 e. The van der Waals surface area contributed by atoms with E-state index >= 15 is 0 Å². The fourth-order valence-corrected chi connectivity index (χ4v) is 3.88. The molecule has 0 aromatic heterocycles. The first-order valence-electron chi connectivity index (χ1n) is 12.4. The summed E-state index contributed by atoms with van der Waals surface area (Å²) in [6, 6.07) is 1.99. The maximum absolute atomic E-state index is 13.0. The quantitative estimate of drug-likeness (QED) is 0.266. The van der Waals surface area contributed by atoms with Crippen LogP contribution in [0.2, 0.25) is 0 Å². The van der Waals surface area contributed by atoms with Crippen LogP contribution < -0.4 is 10.6 Å². The summed E-state index contributed by atoms with van der Waals surface area (Å²) < 4.78 is 0. The van der Waals surface area contributed by atoms with Gasteiger partial charge in [-0.1, -0.05) is 66.2 Å². The van der Waals surface area contributed by atoms with Gasteiger partial charge in [0, 0.05) is 13.1 Å². The van der Waals surface area contributed by atoms with Gasteiger partial charge in [0.2, 0.25) is 0 Å². The smallest absolute Gasteiger partial charge is 0.336 e. The average molecular weight is 477 g/mol. The van der Waals surface area contributed by atoms with Crippen LogP contribution in [-0.4, -0.2) is 47.1 Å². The number of carbonyl (C=O) groups is 4. The van der Waals surface area contributed by atoms with Gasteiger partial charge in [-0.25, -0.2) is 9.59 Å². The van der Waals surface area contributed by atoms with E-state index in [0.29, 0.717) is 13.1 Å². The molecule has 8 nitrogen and oxygen atoms in total. The molecule has 0 heterocycles. The van der Waals surface area contributed by atoms with Crippen LogP contribution >= 0.6 is 0 Å². The van der Waals surface area contributed by atoms with E-state index in [1.54, 1.807) is 0 Å². The summed E-state index contributed by atoms with van der Waals surface area (Å²) in [6.07, 6.45) is 7.83. The fourth-order valence-electron chi connectivity index (χ4n) is 3.88. The number of hydrogen-bond acceptors (Lipinski definition) is 4. The van der Waals surface area contributed by atoms with E-state index in [0.717, 1.165) is 63.5 Å². The lowest BCUT2D eigenvalue weighted by molar-refractivity contribution is 0.0651. The Morgan fingerprint density at radius 2 is 1.03 bits per heavy atom. The van der Waals surface area contributed by atoms with Crippen molar-refractivity contribution in [2.45, 2.75) is 79.1 Å². The predicted octanol–water partition coefficient (Wildman–Crippen LogP) is 4.98. The normalized spacial score (nSPS) is 12.6. The molecule has 2 atom stereocenters. The molecule has 0 aliphatic carbocycles. The van der Waals surface area contributed by atoms with Crippen molar-refractivity contribution in [1.29, 1.82) is 0 Å². The van der Waals surface area contributed by atoms with Crippen LogP contribution in [0.5, 0.6) is 0 Å². The third-order valence-electron chi connectivity index (χ3n) is 6.30. The lowest BCUT2D eigenvalue weighted by Gasteiger charge is -2.18. The van der Waals surface area contributed by atoms with Gasteiger partial charge in [0.15, 0.2) is 0 Å². The van der Waals surface area contributed by atoms with Crippen molar-refractivity contribution in [2.75, 3.05) is 13.1 Å². The molecule has 1 aromatic carbocycles. The van der Waals surface area contributed by atoms with Crippen molar-refractivity contribution in [3.63, 3.8) is 0 Å². The first-order valence-corrected chi connectivity index (χ1v) is 12.4. The molecule has 34 heavy (non-hydrogen) atoms. The van der Waals surface area contributed by atoms with Crippen LogP contribution in [0.15, 0.2) is 12.1 Å². The molecular formula is C26H40N2O6. The Kier molecular flexibility index (Phi) is 12.9. The Labute approximate surface area is 202 Å². The van der Waals surface area contributed by atoms with E-state index in [1.165, 1.54) is 0 Å². The molecule has 190 valence electrons. The van der Waals surface area contributed by atoms with Crippen LogP contribution in [0.3, 0.4) is 0 Å². The van der Waals surface area contributed by atoms with Gasteiger partial charge in [-0.15, -0.1) is 0 Å². The van der Waals surface area contributed by atoms with Crippen LogP contribution in [-0.2, 0) is 0 Å². The number of carboxylic acids is 2. The number of carboxylic acid groups (broad SMARTS) is 2. The van der Waals surface area contributed by atoms with Crippen LogP contribution in [0.25, 0.3) is 0 Å². The summed E-state index contributed by atoms with van der Waals surface area (Å²) in [7, 11) is 0. The molecule has 1 aromatic rings. The highest BCUT2D eigenvalue weighted by Gasteiger charge is 2.26. The fraction of sp³-hybridized carbons (Fsp3) is 0.615. The van der Waals surface area contributed by atoms with Gasteiger partial charge in [-0.3, -0.25) is 9.59 Å². The van der Waals surface area contributed by atoms with E-state index in [4.69, 9.17) is 0 Å². The third kappa shape index (κ3) is 8.80. The molecule has 2 amide bonds. The standard InChI is InChI=1S/C26H40N2O6/c1-5-9-11-17(7-3)15-27-23(29)19-13-21(25(31)32)22(26(33)34)14-20(19)24(30)28-16-18(8-4)12-10-6-2/h13-14,17-18H,5-12,15-16H2,1-4H3,(H,27,29)(H,28,30)(H,31,32)(H,33,34). The van der Waals surface area contributed by atoms with E-state index in [2.05, 4.69) is 24.5 Å². The number of amides is 2. The van der Waals surface area contributed by atoms with Crippen molar-refractivity contribution in [3.05, 3.63) is 34.4 Å². The minimum absolute atomic E-state index is 0.133. The first kappa shape index (κ1) is 29.1. The Morgan fingerprint density at radius 1 is 0.676 bits per heavy atom. The second-order valence-electron chi connectivity index (χ2n) is 8.81. The summed E-state index contributed by atoms with van der Waals surface area (Å²) in [5.74, 6) is -3.59. The van der Waals surface area contributed by atoms with Gasteiger partial charge in [-0.2, -0.15) is 0 Å². The second-order valence-corrected chi connectivity index (χ2v) is 8.81. The zero-order valence-electron chi connectivity index (χ0n) is 20.9. The molecule has 0 radical (unpaired) electrons. The molecule has 0 fully saturated rings. The molecule has 0 saturated heterocycles. The first-order chi connectivity index (χ1) is 16.2. The van der Waals surface area contributed by atoms with E-state index in [9.17, 15) is 29.4 Å². The minimum atomic E-state index is -1.47. The zero-order chi connectivity index (χ0) is 25.7. The highest BCUT2D eigenvalue weighted by atomic mass is 16.4. The number of nitrogens with one attached hydrogen (secondary N) is 2. The van der Waals surface area contributed by atoms with Crippen molar-refractivity contribution in [1.82, 2.24) is 10.6 Å². The Balaban J connectivity index is 3.25. The number of benzene rings is 1. The topological polar surface area (TPSA) is 133 Å². The summed E-state index contributed by atoms with van der Waals surface area (Å²) in [5, 5.41) is 24.6. The van der Waals surface area contributed by atoms with Gasteiger partial charge in [-0.05, 0) is 36.8 Å². The predicted molar refractivity (Wildman–Crippen MR) is 132 cm³/mol. The molecular weight excluding hydrogens is 436 g/mol. The third-order valence-corrected chi connectivity index (χ3v) is 6.30. The number of unbranched alkanes of at least 4 members (excludes halogenated alkanes) is 2. The van der Waals surface area contributed by atoms with Gasteiger partial charge in [0.05, 0.1) is 22.3 Å². The SMILES string of the molecule is CCCCC(CC)CNC(=O)c1cc(C(=O)O)c(C(=O)O)cc1C(=O)NCC(CC)CCCC. The molecule has 0 spiro atoms.